The van der Waals surface area contributed by atoms with Gasteiger partial charge < -0.3 is 20.5 Å². The van der Waals surface area contributed by atoms with Crippen LogP contribution in [0.1, 0.15) is 6.92 Å². The fourth-order valence-electron chi connectivity index (χ4n) is 2.41. The highest BCUT2D eigenvalue weighted by Crippen LogP contribution is 2.31. The van der Waals surface area contributed by atoms with Gasteiger partial charge in [-0.3, -0.25) is 4.79 Å². The van der Waals surface area contributed by atoms with E-state index in [-0.39, 0.29) is 0 Å². The van der Waals surface area contributed by atoms with Gasteiger partial charge in [-0.1, -0.05) is 23.7 Å². The molecule has 0 fully saturated rings. The van der Waals surface area contributed by atoms with Gasteiger partial charge >= 0.3 is 5.97 Å². The average molecular weight is 373 g/mol. The van der Waals surface area contributed by atoms with Crippen LogP contribution in [0.25, 0.3) is 10.9 Å². The Hall–Kier alpha value is -3.06. The van der Waals surface area contributed by atoms with Crippen LogP contribution in [-0.2, 0) is 4.79 Å². The molecular formula is C18H17ClN4O3. The normalized spacial score (nSPS) is 11.8. The molecule has 3 N–H and O–H groups in total. The number of carbonyl (C=O) groups is 1. The number of halogens is 1. The molecule has 0 bridgehead atoms. The zero-order valence-electron chi connectivity index (χ0n) is 14.2. The lowest BCUT2D eigenvalue weighted by atomic mass is 10.2. The van der Waals surface area contributed by atoms with Gasteiger partial charge in [-0.25, -0.2) is 4.98 Å². The number of hydrogen-bond acceptors (Lipinski definition) is 6. The Morgan fingerprint density at radius 1 is 1.23 bits per heavy atom. The minimum Gasteiger partial charge on any atom is -0.495 e. The Labute approximate surface area is 155 Å². The van der Waals surface area contributed by atoms with E-state index in [1.165, 1.54) is 0 Å². The lowest BCUT2D eigenvalue weighted by Gasteiger charge is -2.15. The molecule has 7 nitrogen and oxygen atoms in total. The maximum absolute atomic E-state index is 11.2. The molecule has 3 aromatic rings. The van der Waals surface area contributed by atoms with E-state index in [2.05, 4.69) is 20.6 Å². The van der Waals surface area contributed by atoms with Crippen molar-refractivity contribution in [1.29, 1.82) is 0 Å². The molecule has 0 saturated carbocycles. The van der Waals surface area contributed by atoms with E-state index in [1.54, 1.807) is 32.2 Å². The Kier molecular flexibility index (Phi) is 5.09. The van der Waals surface area contributed by atoms with Crippen molar-refractivity contribution in [2.75, 3.05) is 17.7 Å². The Morgan fingerprint density at radius 3 is 2.73 bits per heavy atom. The minimum absolute atomic E-state index is 0.296. The third-order valence-corrected chi connectivity index (χ3v) is 3.97. The molecule has 8 heteroatoms. The van der Waals surface area contributed by atoms with E-state index in [1.807, 2.05) is 24.3 Å². The molecule has 0 aliphatic heterocycles. The van der Waals surface area contributed by atoms with Crippen molar-refractivity contribution >= 4 is 45.9 Å². The highest BCUT2D eigenvalue weighted by molar-refractivity contribution is 6.31. The van der Waals surface area contributed by atoms with Gasteiger partial charge in [0, 0.05) is 10.4 Å². The van der Waals surface area contributed by atoms with Crippen LogP contribution in [0.2, 0.25) is 5.02 Å². The van der Waals surface area contributed by atoms with Gasteiger partial charge in [0.15, 0.2) is 0 Å². The van der Waals surface area contributed by atoms with Crippen molar-refractivity contribution in [2.24, 2.45) is 0 Å². The second-order valence-corrected chi connectivity index (χ2v) is 6.02. The van der Waals surface area contributed by atoms with Crippen molar-refractivity contribution in [3.05, 3.63) is 47.5 Å². The first kappa shape index (κ1) is 17.8. The summed E-state index contributed by atoms with van der Waals surface area (Å²) in [7, 11) is 1.55. The summed E-state index contributed by atoms with van der Waals surface area (Å²) in [5.41, 5.74) is 1.28. The van der Waals surface area contributed by atoms with E-state index in [9.17, 15) is 4.79 Å². The van der Waals surface area contributed by atoms with E-state index >= 15 is 0 Å². The standard InChI is InChI=1S/C18H17ClN4O3/c1-10(17(24)25)20-16-12-5-3-4-6-13(12)21-18(23-16)22-14-9-11(19)7-8-15(14)26-2/h3-10H,1-2H3,(H,24,25)(H2,20,21,22,23). The summed E-state index contributed by atoms with van der Waals surface area (Å²) < 4.78 is 5.32. The van der Waals surface area contributed by atoms with Crippen LogP contribution in [0.3, 0.4) is 0 Å². The number of carboxylic acid groups (broad SMARTS) is 1. The number of aliphatic carboxylic acids is 1. The van der Waals surface area contributed by atoms with Crippen molar-refractivity contribution < 1.29 is 14.6 Å². The summed E-state index contributed by atoms with van der Waals surface area (Å²) in [4.78, 5) is 20.1. The first-order chi connectivity index (χ1) is 12.5. The molecule has 26 heavy (non-hydrogen) atoms. The second kappa shape index (κ2) is 7.45. The average Bonchev–Trinajstić information content (AvgIpc) is 2.62. The van der Waals surface area contributed by atoms with Gasteiger partial charge in [0.2, 0.25) is 5.95 Å². The Bertz CT molecular complexity index is 964. The number of nitrogens with zero attached hydrogens (tertiary/aromatic N) is 2. The number of carboxylic acids is 1. The molecule has 0 spiro atoms. The third-order valence-electron chi connectivity index (χ3n) is 3.73. The topological polar surface area (TPSA) is 96.4 Å². The first-order valence-electron chi connectivity index (χ1n) is 7.84. The fourth-order valence-corrected chi connectivity index (χ4v) is 2.58. The molecule has 0 amide bonds. The van der Waals surface area contributed by atoms with Crippen molar-refractivity contribution in [3.63, 3.8) is 0 Å². The summed E-state index contributed by atoms with van der Waals surface area (Å²) in [6, 6.07) is 11.7. The highest BCUT2D eigenvalue weighted by atomic mass is 35.5. The van der Waals surface area contributed by atoms with Crippen LogP contribution in [-0.4, -0.2) is 34.2 Å². The quantitative estimate of drug-likeness (QED) is 0.603. The number of para-hydroxylation sites is 1. The van der Waals surface area contributed by atoms with Crippen LogP contribution in [0.4, 0.5) is 17.5 Å². The molecule has 1 atom stereocenters. The number of hydrogen-bond donors (Lipinski definition) is 3. The summed E-state index contributed by atoms with van der Waals surface area (Å²) in [6.07, 6.45) is 0. The lowest BCUT2D eigenvalue weighted by molar-refractivity contribution is -0.137. The maximum atomic E-state index is 11.2. The molecule has 0 aliphatic rings. The van der Waals surface area contributed by atoms with Crippen LogP contribution in [0.5, 0.6) is 5.75 Å². The van der Waals surface area contributed by atoms with E-state index in [0.717, 1.165) is 5.39 Å². The number of nitrogens with one attached hydrogen (secondary N) is 2. The number of aromatic nitrogens is 2. The molecule has 0 radical (unpaired) electrons. The molecule has 1 unspecified atom stereocenters. The van der Waals surface area contributed by atoms with Gasteiger partial charge in [0.1, 0.15) is 17.6 Å². The molecule has 0 aliphatic carbocycles. The summed E-state index contributed by atoms with van der Waals surface area (Å²) in [6.45, 7) is 1.55. The van der Waals surface area contributed by atoms with Gasteiger partial charge in [-0.2, -0.15) is 4.98 Å². The molecule has 2 aromatic carbocycles. The van der Waals surface area contributed by atoms with Crippen LogP contribution >= 0.6 is 11.6 Å². The van der Waals surface area contributed by atoms with E-state index in [0.29, 0.717) is 33.7 Å². The summed E-state index contributed by atoms with van der Waals surface area (Å²) in [5.74, 6) is 0.330. The van der Waals surface area contributed by atoms with Crippen molar-refractivity contribution in [2.45, 2.75) is 13.0 Å². The van der Waals surface area contributed by atoms with Gasteiger partial charge in [0.05, 0.1) is 18.3 Å². The zero-order valence-corrected chi connectivity index (χ0v) is 14.9. The first-order valence-corrected chi connectivity index (χ1v) is 8.22. The number of rotatable bonds is 6. The van der Waals surface area contributed by atoms with Gasteiger partial charge in [0.25, 0.3) is 0 Å². The molecule has 1 aromatic heterocycles. The number of benzene rings is 2. The Balaban J connectivity index is 2.04. The summed E-state index contributed by atoms with van der Waals surface area (Å²) in [5, 5.41) is 16.4. The number of anilines is 3. The maximum Gasteiger partial charge on any atom is 0.325 e. The smallest absolute Gasteiger partial charge is 0.325 e. The van der Waals surface area contributed by atoms with E-state index in [4.69, 9.17) is 21.4 Å². The highest BCUT2D eigenvalue weighted by Gasteiger charge is 2.15. The van der Waals surface area contributed by atoms with Crippen LogP contribution in [0, 0.1) is 0 Å². The van der Waals surface area contributed by atoms with Crippen molar-refractivity contribution in [1.82, 2.24) is 9.97 Å². The summed E-state index contributed by atoms with van der Waals surface area (Å²) >= 11 is 6.06. The largest absolute Gasteiger partial charge is 0.495 e. The molecular weight excluding hydrogens is 356 g/mol. The number of ether oxygens (including phenoxy) is 1. The number of fused-ring (bicyclic) bond motifs is 1. The zero-order chi connectivity index (χ0) is 18.7. The monoisotopic (exact) mass is 372 g/mol. The molecule has 134 valence electrons. The van der Waals surface area contributed by atoms with Crippen molar-refractivity contribution in [3.8, 4) is 5.75 Å². The predicted molar refractivity (Wildman–Crippen MR) is 102 cm³/mol. The second-order valence-electron chi connectivity index (χ2n) is 5.59. The fraction of sp³-hybridized carbons (Fsp3) is 0.167. The number of methoxy groups -OCH3 is 1. The van der Waals surface area contributed by atoms with Crippen LogP contribution in [0.15, 0.2) is 42.5 Å². The molecule has 1 heterocycles. The predicted octanol–water partition coefficient (Wildman–Crippen LogP) is 3.92. The lowest BCUT2D eigenvalue weighted by Crippen LogP contribution is -2.26. The minimum atomic E-state index is -0.973. The molecule has 0 saturated heterocycles. The third kappa shape index (κ3) is 3.78. The van der Waals surface area contributed by atoms with E-state index < -0.39 is 12.0 Å². The Morgan fingerprint density at radius 2 is 2.00 bits per heavy atom. The SMILES string of the molecule is COc1ccc(Cl)cc1Nc1nc(NC(C)C(=O)O)c2ccccc2n1. The van der Waals surface area contributed by atoms with Gasteiger partial charge in [-0.05, 0) is 37.3 Å². The van der Waals surface area contributed by atoms with Crippen LogP contribution < -0.4 is 15.4 Å². The van der Waals surface area contributed by atoms with Gasteiger partial charge in [-0.15, -0.1) is 0 Å². The molecule has 3 rings (SSSR count).